The van der Waals surface area contributed by atoms with Crippen molar-refractivity contribution in [2.24, 2.45) is 11.3 Å². The van der Waals surface area contributed by atoms with Crippen LogP contribution >= 0.6 is 34.5 Å². The van der Waals surface area contributed by atoms with E-state index in [9.17, 15) is 0 Å². The Kier molecular flexibility index (Phi) is 8.72. The molecule has 2 aromatic rings. The lowest BCUT2D eigenvalue weighted by Crippen LogP contribution is -2.46. The summed E-state index contributed by atoms with van der Waals surface area (Å²) in [5.74, 6) is 1.23. The molecular weight excluding hydrogens is 507 g/mol. The molecule has 3 aliphatic heterocycles. The summed E-state index contributed by atoms with van der Waals surface area (Å²) in [5.41, 5.74) is 3.25. The molecule has 198 valence electrons. The zero-order valence-electron chi connectivity index (χ0n) is 22.0. The second-order valence-electron chi connectivity index (χ2n) is 11.8. The van der Waals surface area contributed by atoms with Crippen LogP contribution in [-0.4, -0.2) is 54.7 Å². The Morgan fingerprint density at radius 2 is 1.81 bits per heavy atom. The minimum atomic E-state index is 0.140. The van der Waals surface area contributed by atoms with Gasteiger partial charge in [-0.3, -0.25) is 4.90 Å². The number of hydrogen-bond acceptors (Lipinski definition) is 4. The fraction of sp³-hybridized carbons (Fsp3) is 0.667. The predicted molar refractivity (Wildman–Crippen MR) is 154 cm³/mol. The summed E-state index contributed by atoms with van der Waals surface area (Å²) in [6, 6.07) is 8.24. The van der Waals surface area contributed by atoms with Gasteiger partial charge in [-0.05, 0) is 83.5 Å². The number of thiophene rings is 1. The normalized spacial score (nSPS) is 26.2. The molecule has 0 amide bonds. The van der Waals surface area contributed by atoms with Crippen molar-refractivity contribution in [1.29, 1.82) is 0 Å². The Labute approximate surface area is 232 Å². The van der Waals surface area contributed by atoms with E-state index in [1.54, 1.807) is 0 Å². The van der Waals surface area contributed by atoms with Crippen LogP contribution in [0.1, 0.15) is 75.8 Å². The van der Waals surface area contributed by atoms with Crippen LogP contribution in [0.2, 0.25) is 10.0 Å². The SMILES string of the molecule is CCCC1(CCC)COC2(CCN(C[C@H]3CN(Cc4ccc(Cl)cc4Cl)C[C@@H]3c3ccsc3)CC2)C1. The molecule has 4 heterocycles. The summed E-state index contributed by atoms with van der Waals surface area (Å²) in [6.45, 7) is 12.3. The van der Waals surface area contributed by atoms with Crippen molar-refractivity contribution in [2.45, 2.75) is 76.9 Å². The van der Waals surface area contributed by atoms with E-state index in [0.717, 1.165) is 31.3 Å². The van der Waals surface area contributed by atoms with Gasteiger partial charge in [-0.15, -0.1) is 0 Å². The molecular formula is C30H42Cl2N2OS. The number of rotatable bonds is 9. The minimum absolute atomic E-state index is 0.140. The van der Waals surface area contributed by atoms with Crippen LogP contribution in [0.15, 0.2) is 35.0 Å². The summed E-state index contributed by atoms with van der Waals surface area (Å²) in [6.07, 6.45) is 8.87. The smallest absolute Gasteiger partial charge is 0.0713 e. The Morgan fingerprint density at radius 3 is 2.47 bits per heavy atom. The molecule has 0 saturated carbocycles. The van der Waals surface area contributed by atoms with Crippen molar-refractivity contribution in [3.8, 4) is 0 Å². The van der Waals surface area contributed by atoms with Crippen molar-refractivity contribution in [3.05, 3.63) is 56.2 Å². The van der Waals surface area contributed by atoms with Crippen LogP contribution in [0.25, 0.3) is 0 Å². The maximum Gasteiger partial charge on any atom is 0.0713 e. The Bertz CT molecular complexity index is 983. The Morgan fingerprint density at radius 1 is 1.03 bits per heavy atom. The highest BCUT2D eigenvalue weighted by Crippen LogP contribution is 2.50. The van der Waals surface area contributed by atoms with E-state index in [2.05, 4.69) is 46.5 Å². The number of benzene rings is 1. The highest BCUT2D eigenvalue weighted by Gasteiger charge is 2.49. The van der Waals surface area contributed by atoms with Crippen LogP contribution in [0, 0.1) is 11.3 Å². The van der Waals surface area contributed by atoms with E-state index in [1.807, 2.05) is 23.5 Å². The maximum atomic E-state index is 6.65. The largest absolute Gasteiger partial charge is 0.374 e. The first kappa shape index (κ1) is 27.0. The molecule has 6 heteroatoms. The first-order valence-electron chi connectivity index (χ1n) is 14.0. The van der Waals surface area contributed by atoms with Gasteiger partial charge in [0.1, 0.15) is 0 Å². The average molecular weight is 550 g/mol. The molecule has 3 nitrogen and oxygen atoms in total. The topological polar surface area (TPSA) is 15.7 Å². The Balaban J connectivity index is 1.21. The van der Waals surface area contributed by atoms with Gasteiger partial charge in [0.25, 0.3) is 0 Å². The molecule has 0 unspecified atom stereocenters. The molecule has 0 bridgehead atoms. The standard InChI is InChI=1S/C30H42Cl2N2OS/c1-3-8-29(9-4-2)21-30(35-22-29)10-12-33(13-11-30)17-25-18-34(19-27(25)24-7-14-36-20-24)16-23-5-6-26(31)15-28(23)32/h5-7,14-15,20,25,27H,3-4,8-13,16-19,21-22H2,1-2H3/t25-,27+/m0/s1. The first-order chi connectivity index (χ1) is 17.4. The molecule has 3 fully saturated rings. The highest BCUT2D eigenvalue weighted by atomic mass is 35.5. The van der Waals surface area contributed by atoms with Gasteiger partial charge in [0.05, 0.1) is 12.2 Å². The lowest BCUT2D eigenvalue weighted by atomic mass is 9.72. The number of ether oxygens (including phenoxy) is 1. The van der Waals surface area contributed by atoms with E-state index in [4.69, 9.17) is 27.9 Å². The molecule has 5 rings (SSSR count). The van der Waals surface area contributed by atoms with Gasteiger partial charge < -0.3 is 9.64 Å². The van der Waals surface area contributed by atoms with E-state index in [-0.39, 0.29) is 5.60 Å². The van der Waals surface area contributed by atoms with E-state index < -0.39 is 0 Å². The van der Waals surface area contributed by atoms with E-state index in [1.165, 1.54) is 75.7 Å². The van der Waals surface area contributed by atoms with Crippen LogP contribution in [0.4, 0.5) is 0 Å². The van der Waals surface area contributed by atoms with Crippen molar-refractivity contribution in [1.82, 2.24) is 9.80 Å². The van der Waals surface area contributed by atoms with Crippen molar-refractivity contribution in [2.75, 3.05) is 39.3 Å². The number of hydrogen-bond donors (Lipinski definition) is 0. The van der Waals surface area contributed by atoms with Crippen molar-refractivity contribution < 1.29 is 4.74 Å². The third-order valence-corrected chi connectivity index (χ3v) is 10.4. The second kappa shape index (κ2) is 11.6. The van der Waals surface area contributed by atoms with Crippen molar-refractivity contribution >= 4 is 34.5 Å². The second-order valence-corrected chi connectivity index (χ2v) is 13.4. The molecule has 3 aliphatic rings. The summed E-state index contributed by atoms with van der Waals surface area (Å²) in [5, 5.41) is 6.06. The van der Waals surface area contributed by atoms with Crippen LogP contribution < -0.4 is 0 Å². The van der Waals surface area contributed by atoms with Gasteiger partial charge >= 0.3 is 0 Å². The third kappa shape index (κ3) is 6.00. The molecule has 2 atom stereocenters. The number of nitrogens with zero attached hydrogens (tertiary/aromatic N) is 2. The molecule has 0 N–H and O–H groups in total. The summed E-state index contributed by atoms with van der Waals surface area (Å²) in [7, 11) is 0. The minimum Gasteiger partial charge on any atom is -0.374 e. The fourth-order valence-electron chi connectivity index (χ4n) is 7.42. The molecule has 0 radical (unpaired) electrons. The summed E-state index contributed by atoms with van der Waals surface area (Å²) < 4.78 is 6.65. The lowest BCUT2D eigenvalue weighted by molar-refractivity contribution is -0.0466. The van der Waals surface area contributed by atoms with Gasteiger partial charge in [-0.1, -0.05) is 56.0 Å². The quantitative estimate of drug-likeness (QED) is 0.314. The van der Waals surface area contributed by atoms with Crippen molar-refractivity contribution in [3.63, 3.8) is 0 Å². The van der Waals surface area contributed by atoms with Gasteiger partial charge in [-0.2, -0.15) is 11.3 Å². The maximum absolute atomic E-state index is 6.65. The van der Waals surface area contributed by atoms with Gasteiger partial charge in [0.15, 0.2) is 0 Å². The molecule has 1 spiro atoms. The number of halogens is 2. The zero-order valence-corrected chi connectivity index (χ0v) is 24.3. The van der Waals surface area contributed by atoms with Gasteiger partial charge in [-0.25, -0.2) is 0 Å². The van der Waals surface area contributed by atoms with Crippen LogP contribution in [0.5, 0.6) is 0 Å². The van der Waals surface area contributed by atoms with Crippen LogP contribution in [-0.2, 0) is 11.3 Å². The lowest BCUT2D eigenvalue weighted by Gasteiger charge is -2.41. The zero-order chi connectivity index (χ0) is 25.2. The van der Waals surface area contributed by atoms with Gasteiger partial charge in [0.2, 0.25) is 0 Å². The summed E-state index contributed by atoms with van der Waals surface area (Å²) >= 11 is 14.5. The Hall–Kier alpha value is -0.620. The molecule has 1 aromatic heterocycles. The highest BCUT2D eigenvalue weighted by molar-refractivity contribution is 7.08. The number of likely N-dealkylation sites (tertiary alicyclic amines) is 2. The predicted octanol–water partition coefficient (Wildman–Crippen LogP) is 8.11. The average Bonchev–Trinajstić information content (AvgIpc) is 3.58. The van der Waals surface area contributed by atoms with E-state index >= 15 is 0 Å². The molecule has 0 aliphatic carbocycles. The third-order valence-electron chi connectivity index (χ3n) is 9.10. The molecule has 36 heavy (non-hydrogen) atoms. The molecule has 3 saturated heterocycles. The summed E-state index contributed by atoms with van der Waals surface area (Å²) in [4.78, 5) is 5.33. The fourth-order valence-corrected chi connectivity index (χ4v) is 8.62. The first-order valence-corrected chi connectivity index (χ1v) is 15.7. The monoisotopic (exact) mass is 548 g/mol. The van der Waals surface area contributed by atoms with Crippen LogP contribution in [0.3, 0.4) is 0 Å². The van der Waals surface area contributed by atoms with E-state index in [0.29, 0.717) is 22.3 Å². The van der Waals surface area contributed by atoms with Gasteiger partial charge in [0, 0.05) is 55.2 Å². The number of piperidine rings is 1. The molecule has 1 aromatic carbocycles.